The van der Waals surface area contributed by atoms with Gasteiger partial charge in [0, 0.05) is 24.0 Å². The molecule has 0 N–H and O–H groups in total. The van der Waals surface area contributed by atoms with E-state index in [1.807, 2.05) is 36.2 Å². The minimum Gasteiger partial charge on any atom is -0.497 e. The van der Waals surface area contributed by atoms with Crippen molar-refractivity contribution < 1.29 is 13.9 Å². The average Bonchev–Trinajstić information content (AvgIpc) is 2.46. The highest BCUT2D eigenvalue weighted by Crippen LogP contribution is 2.27. The number of hydrogen-bond acceptors (Lipinski definition) is 3. The predicted molar refractivity (Wildman–Crippen MR) is 77.5 cm³/mol. The van der Waals surface area contributed by atoms with Gasteiger partial charge in [-0.3, -0.25) is 4.79 Å². The van der Waals surface area contributed by atoms with Crippen LogP contribution in [-0.2, 0) is 0 Å². The van der Waals surface area contributed by atoms with Gasteiger partial charge in [-0.1, -0.05) is 0 Å². The molecule has 0 heterocycles. The van der Waals surface area contributed by atoms with Crippen LogP contribution in [0.3, 0.4) is 0 Å². The molecule has 0 atom stereocenters. The molecule has 20 heavy (non-hydrogen) atoms. The third kappa shape index (κ3) is 2.96. The lowest BCUT2D eigenvalue weighted by Gasteiger charge is -2.20. The van der Waals surface area contributed by atoms with E-state index in [1.54, 1.807) is 13.2 Å². The topological polar surface area (TPSA) is 29.5 Å². The van der Waals surface area contributed by atoms with E-state index in [-0.39, 0.29) is 5.78 Å². The number of anilines is 2. The van der Waals surface area contributed by atoms with E-state index in [2.05, 4.69) is 0 Å². The number of methoxy groups -OCH3 is 1. The minimum absolute atomic E-state index is 0.158. The molecule has 0 aliphatic rings. The molecule has 0 radical (unpaired) electrons. The minimum atomic E-state index is -0.423. The van der Waals surface area contributed by atoms with E-state index in [9.17, 15) is 9.18 Å². The predicted octanol–water partition coefficient (Wildman–Crippen LogP) is 3.80. The fourth-order valence-corrected chi connectivity index (χ4v) is 1.93. The Bertz CT molecular complexity index is 623. The summed E-state index contributed by atoms with van der Waals surface area (Å²) in [5, 5.41) is 0. The first-order valence-corrected chi connectivity index (χ1v) is 6.20. The molecule has 104 valence electrons. The van der Waals surface area contributed by atoms with E-state index >= 15 is 0 Å². The van der Waals surface area contributed by atoms with Crippen molar-refractivity contribution in [3.8, 4) is 5.75 Å². The van der Waals surface area contributed by atoms with Crippen LogP contribution in [0, 0.1) is 5.82 Å². The Morgan fingerprint density at radius 1 is 1.10 bits per heavy atom. The van der Waals surface area contributed by atoms with Crippen molar-refractivity contribution in [3.63, 3.8) is 0 Å². The number of Topliss-reactive ketones (excluding diaryl/α,β-unsaturated/α-hetero) is 1. The lowest BCUT2D eigenvalue weighted by Crippen LogP contribution is -2.10. The van der Waals surface area contributed by atoms with Gasteiger partial charge in [-0.25, -0.2) is 4.39 Å². The van der Waals surface area contributed by atoms with Gasteiger partial charge in [0.25, 0.3) is 0 Å². The van der Waals surface area contributed by atoms with Gasteiger partial charge < -0.3 is 9.64 Å². The zero-order chi connectivity index (χ0) is 14.7. The van der Waals surface area contributed by atoms with Crippen LogP contribution in [-0.4, -0.2) is 19.9 Å². The van der Waals surface area contributed by atoms with E-state index in [1.165, 1.54) is 19.1 Å². The molecule has 0 amide bonds. The van der Waals surface area contributed by atoms with Gasteiger partial charge in [0.05, 0.1) is 7.11 Å². The van der Waals surface area contributed by atoms with Crippen molar-refractivity contribution in [2.24, 2.45) is 0 Å². The molecule has 0 spiro atoms. The highest BCUT2D eigenvalue weighted by atomic mass is 19.1. The molecule has 3 nitrogen and oxygen atoms in total. The summed E-state index contributed by atoms with van der Waals surface area (Å²) in [6.07, 6.45) is 0. The van der Waals surface area contributed by atoms with E-state index in [0.717, 1.165) is 11.4 Å². The van der Waals surface area contributed by atoms with Crippen LogP contribution >= 0.6 is 0 Å². The summed E-state index contributed by atoms with van der Waals surface area (Å²) in [5.41, 5.74) is 1.87. The third-order valence-electron chi connectivity index (χ3n) is 3.14. The normalized spacial score (nSPS) is 10.2. The Morgan fingerprint density at radius 2 is 1.75 bits per heavy atom. The van der Waals surface area contributed by atoms with Gasteiger partial charge in [-0.15, -0.1) is 0 Å². The van der Waals surface area contributed by atoms with Gasteiger partial charge in [0.15, 0.2) is 5.78 Å². The first kappa shape index (κ1) is 14.1. The summed E-state index contributed by atoms with van der Waals surface area (Å²) in [7, 11) is 3.42. The van der Waals surface area contributed by atoms with Crippen molar-refractivity contribution in [2.75, 3.05) is 19.1 Å². The summed E-state index contributed by atoms with van der Waals surface area (Å²) in [6, 6.07) is 11.7. The molecule has 2 aromatic carbocycles. The SMILES string of the molecule is COc1ccc(N(C)c2cc(F)cc(C(C)=O)c2)cc1. The van der Waals surface area contributed by atoms with Crippen LogP contribution in [0.5, 0.6) is 5.75 Å². The van der Waals surface area contributed by atoms with Gasteiger partial charge in [-0.05, 0) is 49.4 Å². The van der Waals surface area contributed by atoms with Crippen molar-refractivity contribution in [3.05, 3.63) is 53.8 Å². The maximum absolute atomic E-state index is 13.6. The van der Waals surface area contributed by atoms with Crippen molar-refractivity contribution >= 4 is 17.2 Å². The summed E-state index contributed by atoms with van der Waals surface area (Å²) < 4.78 is 18.7. The van der Waals surface area contributed by atoms with Crippen LogP contribution in [0.15, 0.2) is 42.5 Å². The number of ketones is 1. The molecular formula is C16H16FNO2. The van der Waals surface area contributed by atoms with Crippen LogP contribution in [0.25, 0.3) is 0 Å². The van der Waals surface area contributed by atoms with Gasteiger partial charge >= 0.3 is 0 Å². The number of benzene rings is 2. The highest BCUT2D eigenvalue weighted by molar-refractivity contribution is 5.95. The summed E-state index contributed by atoms with van der Waals surface area (Å²) in [6.45, 7) is 1.42. The van der Waals surface area contributed by atoms with Gasteiger partial charge in [-0.2, -0.15) is 0 Å². The highest BCUT2D eigenvalue weighted by Gasteiger charge is 2.09. The quantitative estimate of drug-likeness (QED) is 0.793. The third-order valence-corrected chi connectivity index (χ3v) is 3.14. The lowest BCUT2D eigenvalue weighted by atomic mass is 10.1. The average molecular weight is 273 g/mol. The molecule has 2 aromatic rings. The smallest absolute Gasteiger partial charge is 0.159 e. The number of rotatable bonds is 4. The second kappa shape index (κ2) is 5.74. The second-order valence-corrected chi connectivity index (χ2v) is 4.51. The molecule has 4 heteroatoms. The zero-order valence-corrected chi connectivity index (χ0v) is 11.7. The van der Waals surface area contributed by atoms with E-state index < -0.39 is 5.82 Å². The van der Waals surface area contributed by atoms with E-state index in [4.69, 9.17) is 4.74 Å². The largest absolute Gasteiger partial charge is 0.497 e. The lowest BCUT2D eigenvalue weighted by molar-refractivity contribution is 0.101. The van der Waals surface area contributed by atoms with Gasteiger partial charge in [0.2, 0.25) is 0 Å². The zero-order valence-electron chi connectivity index (χ0n) is 11.7. The number of carbonyl (C=O) groups is 1. The number of nitrogens with zero attached hydrogens (tertiary/aromatic N) is 1. The number of carbonyl (C=O) groups excluding carboxylic acids is 1. The molecule has 0 aliphatic carbocycles. The Morgan fingerprint density at radius 3 is 2.30 bits per heavy atom. The Hall–Kier alpha value is -2.36. The van der Waals surface area contributed by atoms with E-state index in [0.29, 0.717) is 11.3 Å². The molecule has 0 saturated heterocycles. The van der Waals surface area contributed by atoms with Crippen LogP contribution < -0.4 is 9.64 Å². The molecule has 0 unspecified atom stereocenters. The maximum atomic E-state index is 13.6. The van der Waals surface area contributed by atoms with Crippen molar-refractivity contribution in [1.29, 1.82) is 0 Å². The Labute approximate surface area is 117 Å². The molecule has 0 fully saturated rings. The number of halogens is 1. The first-order chi connectivity index (χ1) is 9.51. The fourth-order valence-electron chi connectivity index (χ4n) is 1.93. The molecule has 0 saturated carbocycles. The standard InChI is InChI=1S/C16H16FNO2/c1-11(19)12-8-13(17)10-15(9-12)18(2)14-4-6-16(20-3)7-5-14/h4-10H,1-3H3. The number of hydrogen-bond donors (Lipinski definition) is 0. The molecule has 0 bridgehead atoms. The molecule has 2 rings (SSSR count). The Balaban J connectivity index is 2.36. The monoisotopic (exact) mass is 273 g/mol. The number of ether oxygens (including phenoxy) is 1. The van der Waals surface area contributed by atoms with Crippen molar-refractivity contribution in [2.45, 2.75) is 6.92 Å². The molecule has 0 aliphatic heterocycles. The maximum Gasteiger partial charge on any atom is 0.159 e. The summed E-state index contributed by atoms with van der Waals surface area (Å²) >= 11 is 0. The first-order valence-electron chi connectivity index (χ1n) is 6.20. The van der Waals surface area contributed by atoms with Crippen molar-refractivity contribution in [1.82, 2.24) is 0 Å². The van der Waals surface area contributed by atoms with Crippen LogP contribution in [0.1, 0.15) is 17.3 Å². The second-order valence-electron chi connectivity index (χ2n) is 4.51. The summed E-state index contributed by atoms with van der Waals surface area (Å²) in [5.74, 6) is 0.174. The van der Waals surface area contributed by atoms with Crippen LogP contribution in [0.2, 0.25) is 0 Å². The molecular weight excluding hydrogens is 257 g/mol. The van der Waals surface area contributed by atoms with Crippen LogP contribution in [0.4, 0.5) is 15.8 Å². The fraction of sp³-hybridized carbons (Fsp3) is 0.188. The molecule has 0 aromatic heterocycles. The summed E-state index contributed by atoms with van der Waals surface area (Å²) in [4.78, 5) is 13.2. The Kier molecular flexibility index (Phi) is 4.03. The van der Waals surface area contributed by atoms with Gasteiger partial charge in [0.1, 0.15) is 11.6 Å².